The molecule has 0 aliphatic carbocycles. The molecule has 148 valence electrons. The minimum absolute atomic E-state index is 0.000524. The van der Waals surface area contributed by atoms with Crippen molar-refractivity contribution in [2.45, 2.75) is 50.6 Å². The van der Waals surface area contributed by atoms with Gasteiger partial charge in [0.05, 0.1) is 17.4 Å². The van der Waals surface area contributed by atoms with Gasteiger partial charge >= 0.3 is 5.69 Å². The Kier molecular flexibility index (Phi) is 4.83. The molecule has 0 amide bonds. The van der Waals surface area contributed by atoms with Gasteiger partial charge in [0.15, 0.2) is 5.75 Å². The van der Waals surface area contributed by atoms with Crippen LogP contribution in [0.1, 0.15) is 44.1 Å². The van der Waals surface area contributed by atoms with Crippen LogP contribution in [0, 0.1) is 16.0 Å². The third-order valence-corrected chi connectivity index (χ3v) is 6.80. The summed E-state index contributed by atoms with van der Waals surface area (Å²) in [6.45, 7) is 1.94. The van der Waals surface area contributed by atoms with Gasteiger partial charge in [-0.1, -0.05) is 25.1 Å². The maximum atomic E-state index is 12.8. The monoisotopic (exact) mass is 382 g/mol. The van der Waals surface area contributed by atoms with E-state index in [1.807, 2.05) is 31.2 Å². The van der Waals surface area contributed by atoms with Crippen molar-refractivity contribution in [3.05, 3.63) is 46.0 Å². The van der Waals surface area contributed by atoms with Gasteiger partial charge in [-0.05, 0) is 55.3 Å². The van der Waals surface area contributed by atoms with E-state index in [2.05, 4.69) is 11.9 Å². The van der Waals surface area contributed by atoms with Gasteiger partial charge in [0.1, 0.15) is 5.78 Å². The molecule has 6 heteroatoms. The Labute approximate surface area is 164 Å². The number of carbonyl (C=O) groups excluding carboxylic acids is 1. The van der Waals surface area contributed by atoms with Crippen molar-refractivity contribution in [3.8, 4) is 5.75 Å². The van der Waals surface area contributed by atoms with E-state index in [1.165, 1.54) is 7.11 Å². The summed E-state index contributed by atoms with van der Waals surface area (Å²) < 4.78 is 5.18. The summed E-state index contributed by atoms with van der Waals surface area (Å²) in [6.07, 6.45) is 3.73. The van der Waals surface area contributed by atoms with Gasteiger partial charge in [0, 0.05) is 24.4 Å². The Balaban J connectivity index is 1.80. The minimum Gasteiger partial charge on any atom is -0.490 e. The molecular formula is C22H26N2O4. The van der Waals surface area contributed by atoms with Gasteiger partial charge in [-0.15, -0.1) is 0 Å². The number of ether oxygens (including phenoxy) is 1. The average Bonchev–Trinajstić information content (AvgIpc) is 2.93. The van der Waals surface area contributed by atoms with Crippen LogP contribution < -0.4 is 4.74 Å². The zero-order valence-electron chi connectivity index (χ0n) is 16.6. The van der Waals surface area contributed by atoms with Crippen LogP contribution in [-0.2, 0) is 4.79 Å². The van der Waals surface area contributed by atoms with Crippen LogP contribution >= 0.6 is 0 Å². The molecule has 0 radical (unpaired) electrons. The largest absolute Gasteiger partial charge is 0.490 e. The first-order valence-electron chi connectivity index (χ1n) is 9.96. The van der Waals surface area contributed by atoms with Crippen molar-refractivity contribution >= 4 is 22.2 Å². The molecule has 2 saturated heterocycles. The summed E-state index contributed by atoms with van der Waals surface area (Å²) in [5, 5.41) is 13.0. The second kappa shape index (κ2) is 7.17. The Morgan fingerprint density at radius 2 is 2.07 bits per heavy atom. The summed E-state index contributed by atoms with van der Waals surface area (Å²) in [7, 11) is 3.59. The van der Waals surface area contributed by atoms with Crippen LogP contribution in [0.15, 0.2) is 30.3 Å². The Hall–Kier alpha value is -2.47. The number of ketones is 1. The van der Waals surface area contributed by atoms with Crippen molar-refractivity contribution in [2.24, 2.45) is 5.92 Å². The molecule has 0 unspecified atom stereocenters. The number of piperidine rings is 1. The minimum atomic E-state index is -0.389. The molecule has 6 nitrogen and oxygen atoms in total. The molecule has 2 aromatic carbocycles. The van der Waals surface area contributed by atoms with Crippen LogP contribution in [0.4, 0.5) is 5.69 Å². The number of fused-ring (bicyclic) bond motifs is 3. The molecule has 2 fully saturated rings. The van der Waals surface area contributed by atoms with Crippen LogP contribution in [0.2, 0.25) is 0 Å². The number of rotatable bonds is 5. The number of nitro groups is 1. The summed E-state index contributed by atoms with van der Waals surface area (Å²) >= 11 is 0. The van der Waals surface area contributed by atoms with E-state index in [9.17, 15) is 14.9 Å². The number of hydrogen-bond acceptors (Lipinski definition) is 5. The maximum Gasteiger partial charge on any atom is 0.318 e. The molecule has 2 aliphatic rings. The fourth-order valence-corrected chi connectivity index (χ4v) is 5.38. The van der Waals surface area contributed by atoms with Gasteiger partial charge in [-0.2, -0.15) is 0 Å². The van der Waals surface area contributed by atoms with Gasteiger partial charge in [0.2, 0.25) is 0 Å². The normalized spacial score (nSPS) is 27.1. The van der Waals surface area contributed by atoms with Gasteiger partial charge in [-0.25, -0.2) is 0 Å². The van der Waals surface area contributed by atoms with Crippen LogP contribution in [0.25, 0.3) is 10.8 Å². The maximum absolute atomic E-state index is 12.8. The number of Topliss-reactive ketones (excluding diaryl/α,β-unsaturated/α-hetero) is 1. The lowest BCUT2D eigenvalue weighted by molar-refractivity contribution is -0.383. The highest BCUT2D eigenvalue weighted by Crippen LogP contribution is 2.47. The second-order valence-corrected chi connectivity index (χ2v) is 8.01. The van der Waals surface area contributed by atoms with Gasteiger partial charge < -0.3 is 4.74 Å². The van der Waals surface area contributed by atoms with Crippen molar-refractivity contribution in [2.75, 3.05) is 14.2 Å². The summed E-state index contributed by atoms with van der Waals surface area (Å²) in [5.74, 6) is 0.760. The molecule has 4 rings (SSSR count). The first-order valence-corrected chi connectivity index (χ1v) is 9.96. The lowest BCUT2D eigenvalue weighted by atomic mass is 9.73. The van der Waals surface area contributed by atoms with Crippen LogP contribution in [0.5, 0.6) is 5.75 Å². The topological polar surface area (TPSA) is 72.7 Å². The zero-order chi connectivity index (χ0) is 20.0. The van der Waals surface area contributed by atoms with Crippen molar-refractivity contribution in [1.82, 2.24) is 4.90 Å². The van der Waals surface area contributed by atoms with E-state index in [-0.39, 0.29) is 28.2 Å². The highest BCUT2D eigenvalue weighted by atomic mass is 16.6. The highest BCUT2D eigenvalue weighted by Gasteiger charge is 2.48. The molecule has 2 heterocycles. The lowest BCUT2D eigenvalue weighted by Crippen LogP contribution is -2.48. The number of nitrogens with zero attached hydrogens (tertiary/aromatic N) is 2. The van der Waals surface area contributed by atoms with Gasteiger partial charge in [-0.3, -0.25) is 19.8 Å². The Morgan fingerprint density at radius 3 is 2.75 bits per heavy atom. The molecular weight excluding hydrogens is 356 g/mol. The third-order valence-electron chi connectivity index (χ3n) is 6.80. The van der Waals surface area contributed by atoms with E-state index in [0.717, 1.165) is 30.2 Å². The summed E-state index contributed by atoms with van der Waals surface area (Å²) in [4.78, 5) is 26.4. The third kappa shape index (κ3) is 2.87. The summed E-state index contributed by atoms with van der Waals surface area (Å²) in [6, 6.07) is 10.2. The van der Waals surface area contributed by atoms with E-state index in [0.29, 0.717) is 29.7 Å². The second-order valence-electron chi connectivity index (χ2n) is 8.01. The number of nitro benzene ring substituents is 1. The van der Waals surface area contributed by atoms with Gasteiger partial charge in [0.25, 0.3) is 0 Å². The lowest BCUT2D eigenvalue weighted by Gasteiger charge is -2.42. The van der Waals surface area contributed by atoms with Crippen LogP contribution in [0.3, 0.4) is 0 Å². The van der Waals surface area contributed by atoms with E-state index in [4.69, 9.17) is 4.74 Å². The molecule has 0 aromatic heterocycles. The number of hydrogen-bond donors (Lipinski definition) is 0. The number of methoxy groups -OCH3 is 1. The average molecular weight is 382 g/mol. The quantitative estimate of drug-likeness (QED) is 0.569. The fourth-order valence-electron chi connectivity index (χ4n) is 5.38. The predicted molar refractivity (Wildman–Crippen MR) is 108 cm³/mol. The zero-order valence-corrected chi connectivity index (χ0v) is 16.6. The first kappa shape index (κ1) is 18.9. The Morgan fingerprint density at radius 1 is 1.29 bits per heavy atom. The highest BCUT2D eigenvalue weighted by molar-refractivity contribution is 5.94. The molecule has 4 atom stereocenters. The molecule has 2 aliphatic heterocycles. The number of benzene rings is 2. The molecule has 0 saturated carbocycles. The van der Waals surface area contributed by atoms with Crippen molar-refractivity contribution in [3.63, 3.8) is 0 Å². The predicted octanol–water partition coefficient (Wildman–Crippen LogP) is 4.30. The molecule has 28 heavy (non-hydrogen) atoms. The first-order chi connectivity index (χ1) is 13.5. The SMILES string of the molecule is CCC(=O)[C@H]1[C@@H](c2ccc3c([N+](=O)[O-])c(OC)ccc3c2)C[C@@H]2CC[C@H]1N2C. The van der Waals surface area contributed by atoms with Crippen LogP contribution in [-0.4, -0.2) is 41.8 Å². The summed E-state index contributed by atoms with van der Waals surface area (Å²) in [5.41, 5.74) is 1.11. The fraction of sp³-hybridized carbons (Fsp3) is 0.500. The van der Waals surface area contributed by atoms with E-state index < -0.39 is 0 Å². The molecule has 0 N–H and O–H groups in total. The smallest absolute Gasteiger partial charge is 0.318 e. The van der Waals surface area contributed by atoms with Crippen molar-refractivity contribution < 1.29 is 14.5 Å². The van der Waals surface area contributed by atoms with Crippen molar-refractivity contribution in [1.29, 1.82) is 0 Å². The molecule has 2 bridgehead atoms. The number of carbonyl (C=O) groups is 1. The van der Waals surface area contributed by atoms with E-state index in [1.54, 1.807) is 6.07 Å². The molecule has 2 aromatic rings. The molecule has 0 spiro atoms. The van der Waals surface area contributed by atoms with E-state index >= 15 is 0 Å². The standard InChI is InChI=1S/C22H26N2O4/c1-4-19(25)21-17(12-15-7-9-18(21)23(15)2)14-5-8-16-13(11-14)6-10-20(28-3)22(16)24(26)27/h5-6,8,10-11,15,17-18,21H,4,7,9,12H2,1-3H3/t15-,17+,18+,21-/m0/s1. The Bertz CT molecular complexity index is 942.